The molecule has 0 heterocycles. The maximum Gasteiger partial charge on any atom is 0 e. The summed E-state index contributed by atoms with van der Waals surface area (Å²) in [4.78, 5) is 0. The van der Waals surface area contributed by atoms with Crippen LogP contribution in [0.2, 0.25) is 0 Å². The zero-order valence-corrected chi connectivity index (χ0v) is 7.00. The number of rotatable bonds is 3. The van der Waals surface area contributed by atoms with Crippen LogP contribution in [0.4, 0.5) is 0 Å². The molecule has 1 radical (unpaired) electrons. The summed E-state index contributed by atoms with van der Waals surface area (Å²) < 4.78 is 0. The third-order valence-electron chi connectivity index (χ3n) is 0.808. The molecule has 55 valence electrons. The second kappa shape index (κ2) is 15.7. The summed E-state index contributed by atoms with van der Waals surface area (Å²) in [6.45, 7) is 3.03. The van der Waals surface area contributed by atoms with Crippen molar-refractivity contribution in [2.24, 2.45) is 5.73 Å². The predicted molar refractivity (Wildman–Crippen MR) is 35.8 cm³/mol. The van der Waals surface area contributed by atoms with Crippen LogP contribution in [0.25, 0.3) is 0 Å². The van der Waals surface area contributed by atoms with Crippen LogP contribution in [0.15, 0.2) is 0 Å². The molecule has 3 heteroatoms. The minimum atomic E-state index is 0. The van der Waals surface area contributed by atoms with Crippen LogP contribution in [0, 0.1) is 0 Å². The molecule has 0 saturated carbocycles. The van der Waals surface area contributed by atoms with Gasteiger partial charge in [-0.3, -0.25) is 0 Å². The molecule has 0 bridgehead atoms. The average Bonchev–Trinajstić information content (AvgIpc) is 1.61. The molecule has 0 atom stereocenters. The van der Waals surface area contributed by atoms with Crippen LogP contribution in [-0.2, 0) is 16.8 Å². The van der Waals surface area contributed by atoms with E-state index in [4.69, 9.17) is 5.73 Å². The summed E-state index contributed by atoms with van der Waals surface area (Å²) in [5.41, 5.74) is 5.21. The molecule has 0 rings (SSSR count). The van der Waals surface area contributed by atoms with Crippen molar-refractivity contribution in [3.63, 3.8) is 0 Å². The SMILES string of the molecule is CCCCCN.Cl.[Co]. The fourth-order valence-corrected chi connectivity index (χ4v) is 0.394. The van der Waals surface area contributed by atoms with Gasteiger partial charge in [-0.1, -0.05) is 19.8 Å². The second-order valence-corrected chi connectivity index (χ2v) is 1.50. The molecule has 0 saturated heterocycles. The van der Waals surface area contributed by atoms with E-state index in [0.717, 1.165) is 6.54 Å². The molecular formula is C5H14ClCoN. The summed E-state index contributed by atoms with van der Waals surface area (Å²) in [5.74, 6) is 0. The molecular weight excluding hydrogens is 168 g/mol. The standard InChI is InChI=1S/C5H13N.ClH.Co/c1-2-3-4-5-6;;/h2-6H2,1H3;1H;. The van der Waals surface area contributed by atoms with E-state index in [0.29, 0.717) is 0 Å². The Kier molecular flexibility index (Phi) is 31.1. The summed E-state index contributed by atoms with van der Waals surface area (Å²) in [7, 11) is 0. The van der Waals surface area contributed by atoms with Gasteiger partial charge < -0.3 is 5.73 Å². The summed E-state index contributed by atoms with van der Waals surface area (Å²) in [6.07, 6.45) is 3.75. The molecule has 0 aliphatic rings. The van der Waals surface area contributed by atoms with Crippen molar-refractivity contribution in [3.8, 4) is 0 Å². The van der Waals surface area contributed by atoms with Crippen LogP contribution in [0.5, 0.6) is 0 Å². The first-order chi connectivity index (χ1) is 2.91. The van der Waals surface area contributed by atoms with Crippen molar-refractivity contribution in [1.29, 1.82) is 0 Å². The first kappa shape index (κ1) is 15.9. The number of nitrogens with two attached hydrogens (primary N) is 1. The van der Waals surface area contributed by atoms with E-state index >= 15 is 0 Å². The molecule has 0 spiro atoms. The Balaban J connectivity index is -0.000000125. The van der Waals surface area contributed by atoms with Crippen LogP contribution in [0.1, 0.15) is 26.2 Å². The third-order valence-corrected chi connectivity index (χ3v) is 0.808. The molecule has 0 amide bonds. The van der Waals surface area contributed by atoms with Crippen LogP contribution >= 0.6 is 12.4 Å². The largest absolute Gasteiger partial charge is 0.330 e. The predicted octanol–water partition coefficient (Wildman–Crippen LogP) is 1.55. The molecule has 0 aromatic carbocycles. The van der Waals surface area contributed by atoms with Gasteiger partial charge in [-0.05, 0) is 13.0 Å². The van der Waals surface area contributed by atoms with E-state index < -0.39 is 0 Å². The van der Waals surface area contributed by atoms with E-state index in [1.807, 2.05) is 0 Å². The zero-order chi connectivity index (χ0) is 4.83. The Morgan fingerprint density at radius 1 is 1.25 bits per heavy atom. The summed E-state index contributed by atoms with van der Waals surface area (Å²) in [6, 6.07) is 0. The summed E-state index contributed by atoms with van der Waals surface area (Å²) >= 11 is 0. The molecule has 8 heavy (non-hydrogen) atoms. The first-order valence-corrected chi connectivity index (χ1v) is 2.62. The third kappa shape index (κ3) is 15.9. The van der Waals surface area contributed by atoms with E-state index in [-0.39, 0.29) is 29.2 Å². The van der Waals surface area contributed by atoms with Gasteiger partial charge in [-0.25, -0.2) is 0 Å². The number of halogens is 1. The Morgan fingerprint density at radius 2 is 1.75 bits per heavy atom. The monoisotopic (exact) mass is 182 g/mol. The molecule has 0 fully saturated rings. The van der Waals surface area contributed by atoms with E-state index in [1.165, 1.54) is 19.3 Å². The molecule has 2 N–H and O–H groups in total. The van der Waals surface area contributed by atoms with Gasteiger partial charge in [0.1, 0.15) is 0 Å². The minimum absolute atomic E-state index is 0. The smallest absolute Gasteiger partial charge is 0 e. The Labute approximate surface area is 68.0 Å². The molecule has 0 aromatic heterocycles. The number of hydrogen-bond donors (Lipinski definition) is 1. The van der Waals surface area contributed by atoms with Gasteiger partial charge >= 0.3 is 0 Å². The zero-order valence-electron chi connectivity index (χ0n) is 5.15. The normalized spacial score (nSPS) is 6.75. The number of unbranched alkanes of at least 4 members (excludes halogenated alkanes) is 2. The molecule has 0 aliphatic carbocycles. The summed E-state index contributed by atoms with van der Waals surface area (Å²) in [5, 5.41) is 0. The van der Waals surface area contributed by atoms with Crippen LogP contribution in [-0.4, -0.2) is 6.54 Å². The minimum Gasteiger partial charge on any atom is -0.330 e. The van der Waals surface area contributed by atoms with Crippen molar-refractivity contribution in [2.45, 2.75) is 26.2 Å². The maximum absolute atomic E-state index is 5.21. The van der Waals surface area contributed by atoms with Gasteiger partial charge in [0.25, 0.3) is 0 Å². The van der Waals surface area contributed by atoms with Gasteiger partial charge in [0.05, 0.1) is 0 Å². The van der Waals surface area contributed by atoms with E-state index in [2.05, 4.69) is 6.92 Å². The van der Waals surface area contributed by atoms with Gasteiger partial charge in [-0.2, -0.15) is 0 Å². The quantitative estimate of drug-likeness (QED) is 0.659. The van der Waals surface area contributed by atoms with E-state index in [9.17, 15) is 0 Å². The first-order valence-electron chi connectivity index (χ1n) is 2.62. The van der Waals surface area contributed by atoms with Crippen molar-refractivity contribution in [2.75, 3.05) is 6.54 Å². The molecule has 0 aromatic rings. The second-order valence-electron chi connectivity index (χ2n) is 1.50. The Hall–Kier alpha value is 0.756. The number of hydrogen-bond acceptors (Lipinski definition) is 1. The molecule has 0 aliphatic heterocycles. The maximum atomic E-state index is 5.21. The fraction of sp³-hybridized carbons (Fsp3) is 1.00. The fourth-order valence-electron chi connectivity index (χ4n) is 0.394. The van der Waals surface area contributed by atoms with E-state index in [1.54, 1.807) is 0 Å². The van der Waals surface area contributed by atoms with Gasteiger partial charge in [0.2, 0.25) is 0 Å². The Morgan fingerprint density at radius 3 is 1.88 bits per heavy atom. The molecule has 0 unspecified atom stereocenters. The topological polar surface area (TPSA) is 26.0 Å². The van der Waals surface area contributed by atoms with Crippen molar-refractivity contribution in [3.05, 3.63) is 0 Å². The average molecular weight is 183 g/mol. The van der Waals surface area contributed by atoms with Crippen molar-refractivity contribution < 1.29 is 16.8 Å². The van der Waals surface area contributed by atoms with Crippen LogP contribution < -0.4 is 5.73 Å². The molecule has 1 nitrogen and oxygen atoms in total. The van der Waals surface area contributed by atoms with Gasteiger partial charge in [-0.15, -0.1) is 12.4 Å². The van der Waals surface area contributed by atoms with Crippen molar-refractivity contribution >= 4 is 12.4 Å². The Bertz CT molecular complexity index is 24.4. The van der Waals surface area contributed by atoms with Gasteiger partial charge in [0, 0.05) is 16.8 Å². The van der Waals surface area contributed by atoms with Crippen LogP contribution in [0.3, 0.4) is 0 Å². The van der Waals surface area contributed by atoms with Crippen molar-refractivity contribution in [1.82, 2.24) is 0 Å². The van der Waals surface area contributed by atoms with Gasteiger partial charge in [0.15, 0.2) is 0 Å².